The lowest BCUT2D eigenvalue weighted by molar-refractivity contribution is 0.162. The van der Waals surface area contributed by atoms with E-state index >= 15 is 0 Å². The van der Waals surface area contributed by atoms with E-state index in [9.17, 15) is 0 Å². The van der Waals surface area contributed by atoms with Crippen LogP contribution in [-0.4, -0.2) is 36.6 Å². The Labute approximate surface area is 127 Å². The Kier molecular flexibility index (Phi) is 38.4. The SMILES string of the molecule is C/C=C/CCCCCCCC.CCOCC.OCCO. The summed E-state index contributed by atoms with van der Waals surface area (Å²) in [6, 6.07) is 0. The Morgan fingerprint density at radius 1 is 0.800 bits per heavy atom. The van der Waals surface area contributed by atoms with Gasteiger partial charge in [0, 0.05) is 13.2 Å². The first-order chi connectivity index (χ1) is 9.74. The van der Waals surface area contributed by atoms with Crippen LogP contribution in [0.4, 0.5) is 0 Å². The fraction of sp³-hybridized carbons (Fsp3) is 0.882. The van der Waals surface area contributed by atoms with Gasteiger partial charge < -0.3 is 14.9 Å². The maximum atomic E-state index is 7.62. The second-order valence-corrected chi connectivity index (χ2v) is 4.35. The molecule has 0 amide bonds. The summed E-state index contributed by atoms with van der Waals surface area (Å²) in [4.78, 5) is 0. The zero-order valence-corrected chi connectivity index (χ0v) is 14.2. The van der Waals surface area contributed by atoms with Crippen molar-refractivity contribution in [3.8, 4) is 0 Å². The minimum absolute atomic E-state index is 0.125. The summed E-state index contributed by atoms with van der Waals surface area (Å²) in [6.45, 7) is 9.77. The molecule has 0 aliphatic carbocycles. The van der Waals surface area contributed by atoms with Crippen LogP contribution < -0.4 is 0 Å². The number of unbranched alkanes of at least 4 members (excludes halogenated alkanes) is 6. The molecule has 0 aromatic heterocycles. The van der Waals surface area contributed by atoms with E-state index in [1.54, 1.807) is 0 Å². The van der Waals surface area contributed by atoms with E-state index < -0.39 is 0 Å². The third kappa shape index (κ3) is 43.2. The van der Waals surface area contributed by atoms with Crippen LogP contribution in [0.5, 0.6) is 0 Å². The van der Waals surface area contributed by atoms with Gasteiger partial charge in [-0.25, -0.2) is 0 Å². The Hall–Kier alpha value is -0.380. The standard InChI is InChI=1S/C11H22.C4H10O.C2H6O2/c1-3-5-7-9-11-10-8-6-4-2;1-3-5-4-2;3-1-2-4/h3,5H,4,6-11H2,1-2H3;3-4H2,1-2H3;3-4H,1-2H2/b5-3+;;. The van der Waals surface area contributed by atoms with Crippen LogP contribution >= 0.6 is 0 Å². The molecular formula is C17H38O3. The fourth-order valence-corrected chi connectivity index (χ4v) is 1.41. The van der Waals surface area contributed by atoms with Crippen molar-refractivity contribution in [2.75, 3.05) is 26.4 Å². The summed E-state index contributed by atoms with van der Waals surface area (Å²) in [5, 5.41) is 15.2. The summed E-state index contributed by atoms with van der Waals surface area (Å²) in [6.07, 6.45) is 14.1. The molecule has 0 saturated carbocycles. The molecule has 0 aliphatic rings. The number of hydrogen-bond acceptors (Lipinski definition) is 3. The predicted octanol–water partition coefficient (Wildman–Crippen LogP) is 4.33. The summed E-state index contributed by atoms with van der Waals surface area (Å²) in [7, 11) is 0. The molecule has 0 rings (SSSR count). The fourth-order valence-electron chi connectivity index (χ4n) is 1.41. The number of aliphatic hydroxyl groups is 2. The van der Waals surface area contributed by atoms with Gasteiger partial charge in [-0.1, -0.05) is 51.2 Å². The minimum atomic E-state index is -0.125. The lowest BCUT2D eigenvalue weighted by atomic mass is 10.1. The Bertz CT molecular complexity index is 143. The molecule has 0 aliphatic heterocycles. The molecule has 0 unspecified atom stereocenters. The van der Waals surface area contributed by atoms with E-state index in [2.05, 4.69) is 26.0 Å². The van der Waals surface area contributed by atoms with E-state index in [4.69, 9.17) is 14.9 Å². The van der Waals surface area contributed by atoms with Gasteiger partial charge in [0.05, 0.1) is 13.2 Å². The number of aliphatic hydroxyl groups excluding tert-OH is 2. The monoisotopic (exact) mass is 290 g/mol. The molecule has 0 aromatic rings. The van der Waals surface area contributed by atoms with Crippen molar-refractivity contribution in [2.45, 2.75) is 72.6 Å². The molecule has 20 heavy (non-hydrogen) atoms. The Balaban J connectivity index is -0.000000266. The molecule has 0 radical (unpaired) electrons. The van der Waals surface area contributed by atoms with Crippen molar-refractivity contribution in [3.63, 3.8) is 0 Å². The van der Waals surface area contributed by atoms with Crippen LogP contribution in [0.3, 0.4) is 0 Å². The number of ether oxygens (including phenoxy) is 1. The van der Waals surface area contributed by atoms with Crippen LogP contribution in [-0.2, 0) is 4.74 Å². The average Bonchev–Trinajstić information content (AvgIpc) is 2.48. The smallest absolute Gasteiger partial charge is 0.0662 e. The first-order valence-electron chi connectivity index (χ1n) is 8.15. The predicted molar refractivity (Wildman–Crippen MR) is 89.1 cm³/mol. The lowest BCUT2D eigenvalue weighted by Gasteiger charge is -1.96. The number of hydrogen-bond donors (Lipinski definition) is 2. The molecule has 2 N–H and O–H groups in total. The van der Waals surface area contributed by atoms with Crippen LogP contribution in [0, 0.1) is 0 Å². The van der Waals surface area contributed by atoms with E-state index in [0.717, 1.165) is 13.2 Å². The topological polar surface area (TPSA) is 49.7 Å². The third-order valence-corrected chi connectivity index (χ3v) is 2.47. The van der Waals surface area contributed by atoms with Crippen molar-refractivity contribution in [1.29, 1.82) is 0 Å². The summed E-state index contributed by atoms with van der Waals surface area (Å²) < 4.78 is 4.83. The molecule has 0 fully saturated rings. The van der Waals surface area contributed by atoms with E-state index in [1.807, 2.05) is 13.8 Å². The molecule has 0 aromatic carbocycles. The quantitative estimate of drug-likeness (QED) is 0.465. The van der Waals surface area contributed by atoms with Gasteiger partial charge in [-0.05, 0) is 33.6 Å². The van der Waals surface area contributed by atoms with Gasteiger partial charge in [-0.3, -0.25) is 0 Å². The van der Waals surface area contributed by atoms with Crippen molar-refractivity contribution in [3.05, 3.63) is 12.2 Å². The molecule has 0 heterocycles. The Morgan fingerprint density at radius 2 is 1.30 bits per heavy atom. The van der Waals surface area contributed by atoms with Gasteiger partial charge in [-0.15, -0.1) is 0 Å². The highest BCUT2D eigenvalue weighted by atomic mass is 16.5. The van der Waals surface area contributed by atoms with Crippen LogP contribution in [0.25, 0.3) is 0 Å². The van der Waals surface area contributed by atoms with E-state index in [1.165, 1.54) is 44.9 Å². The summed E-state index contributed by atoms with van der Waals surface area (Å²) in [5.74, 6) is 0. The molecule has 0 atom stereocenters. The summed E-state index contributed by atoms with van der Waals surface area (Å²) >= 11 is 0. The van der Waals surface area contributed by atoms with Gasteiger partial charge in [0.1, 0.15) is 0 Å². The molecule has 0 spiro atoms. The van der Waals surface area contributed by atoms with Crippen LogP contribution in [0.2, 0.25) is 0 Å². The highest BCUT2D eigenvalue weighted by Gasteiger charge is 1.86. The molecule has 3 heteroatoms. The molecule has 124 valence electrons. The third-order valence-electron chi connectivity index (χ3n) is 2.47. The van der Waals surface area contributed by atoms with Crippen LogP contribution in [0.1, 0.15) is 72.6 Å². The molecular weight excluding hydrogens is 252 g/mol. The maximum absolute atomic E-state index is 7.62. The van der Waals surface area contributed by atoms with Crippen molar-refractivity contribution < 1.29 is 14.9 Å². The van der Waals surface area contributed by atoms with Crippen molar-refractivity contribution >= 4 is 0 Å². The Morgan fingerprint density at radius 3 is 1.65 bits per heavy atom. The minimum Gasteiger partial charge on any atom is -0.394 e. The first-order valence-corrected chi connectivity index (χ1v) is 8.15. The molecule has 3 nitrogen and oxygen atoms in total. The molecule has 0 bridgehead atoms. The van der Waals surface area contributed by atoms with Gasteiger partial charge in [-0.2, -0.15) is 0 Å². The summed E-state index contributed by atoms with van der Waals surface area (Å²) in [5.41, 5.74) is 0. The normalized spacial score (nSPS) is 9.70. The van der Waals surface area contributed by atoms with Gasteiger partial charge in [0.15, 0.2) is 0 Å². The van der Waals surface area contributed by atoms with Crippen molar-refractivity contribution in [1.82, 2.24) is 0 Å². The highest BCUT2D eigenvalue weighted by molar-refractivity contribution is 4.76. The van der Waals surface area contributed by atoms with Crippen LogP contribution in [0.15, 0.2) is 12.2 Å². The largest absolute Gasteiger partial charge is 0.394 e. The average molecular weight is 290 g/mol. The zero-order valence-electron chi connectivity index (χ0n) is 14.2. The second-order valence-electron chi connectivity index (χ2n) is 4.35. The van der Waals surface area contributed by atoms with Gasteiger partial charge in [0.25, 0.3) is 0 Å². The lowest BCUT2D eigenvalue weighted by Crippen LogP contribution is -1.85. The number of allylic oxidation sites excluding steroid dienone is 2. The maximum Gasteiger partial charge on any atom is 0.0662 e. The zero-order chi connectivity index (χ0) is 15.9. The van der Waals surface area contributed by atoms with Gasteiger partial charge >= 0.3 is 0 Å². The molecule has 0 saturated heterocycles. The van der Waals surface area contributed by atoms with Gasteiger partial charge in [0.2, 0.25) is 0 Å². The van der Waals surface area contributed by atoms with E-state index in [0.29, 0.717) is 0 Å². The number of rotatable bonds is 10. The highest BCUT2D eigenvalue weighted by Crippen LogP contribution is 2.06. The van der Waals surface area contributed by atoms with Crippen molar-refractivity contribution in [2.24, 2.45) is 0 Å². The van der Waals surface area contributed by atoms with E-state index in [-0.39, 0.29) is 13.2 Å². The first kappa shape index (κ1) is 24.6. The second kappa shape index (κ2) is 31.2.